The maximum Gasteiger partial charge on any atom is 0.215 e. The van der Waals surface area contributed by atoms with Crippen LogP contribution in [-0.4, -0.2) is 22.7 Å². The van der Waals surface area contributed by atoms with Crippen LogP contribution in [0.2, 0.25) is 0 Å². The van der Waals surface area contributed by atoms with Gasteiger partial charge in [0, 0.05) is 17.5 Å². The number of thiophene rings is 1. The van der Waals surface area contributed by atoms with Crippen LogP contribution in [0.25, 0.3) is 0 Å². The number of halogens is 1. The van der Waals surface area contributed by atoms with E-state index < -0.39 is 0 Å². The molecule has 0 N–H and O–H groups in total. The fraction of sp³-hybridized carbons (Fsp3) is 0.333. The second-order valence-electron chi connectivity index (χ2n) is 3.75. The molecule has 2 heterocycles. The molecule has 0 fully saturated rings. The van der Waals surface area contributed by atoms with Crippen molar-refractivity contribution in [1.82, 2.24) is 9.78 Å². The quantitative estimate of drug-likeness (QED) is 0.790. The Balaban J connectivity index is 2.42. The van der Waals surface area contributed by atoms with Crippen molar-refractivity contribution in [3.63, 3.8) is 0 Å². The van der Waals surface area contributed by atoms with Gasteiger partial charge in [0.15, 0.2) is 11.4 Å². The number of rotatable bonds is 5. The topological polar surface area (TPSA) is 44.1 Å². The molecule has 6 heteroatoms. The molecule has 2 aromatic heterocycles. The van der Waals surface area contributed by atoms with Gasteiger partial charge in [0.25, 0.3) is 0 Å². The molecule has 0 unspecified atom stereocenters. The SMILES string of the molecule is CCCn1ncc(OC)c1C(=O)c1csc(Br)c1. The standard InChI is InChI=1S/C12H13BrN2O2S/c1-3-4-15-11(9(17-2)6-14-15)12(16)8-5-10(13)18-7-8/h5-7H,3-4H2,1-2H3. The van der Waals surface area contributed by atoms with Gasteiger partial charge in [0.05, 0.1) is 17.1 Å². The number of hydrogen-bond acceptors (Lipinski definition) is 4. The number of carbonyl (C=O) groups excluding carboxylic acids is 1. The molecule has 2 aromatic rings. The molecule has 0 radical (unpaired) electrons. The first-order valence-electron chi connectivity index (χ1n) is 5.56. The van der Waals surface area contributed by atoms with E-state index in [1.165, 1.54) is 11.3 Å². The summed E-state index contributed by atoms with van der Waals surface area (Å²) in [6, 6.07) is 1.82. The van der Waals surface area contributed by atoms with Crippen LogP contribution in [0.3, 0.4) is 0 Å². The Morgan fingerprint density at radius 3 is 2.94 bits per heavy atom. The molecule has 0 spiro atoms. The highest BCUT2D eigenvalue weighted by Crippen LogP contribution is 2.26. The maximum atomic E-state index is 12.4. The van der Waals surface area contributed by atoms with Gasteiger partial charge in [0.1, 0.15) is 0 Å². The summed E-state index contributed by atoms with van der Waals surface area (Å²) in [6.07, 6.45) is 2.50. The molecule has 0 aliphatic heterocycles. The largest absolute Gasteiger partial charge is 0.493 e. The first kappa shape index (κ1) is 13.3. The maximum absolute atomic E-state index is 12.4. The lowest BCUT2D eigenvalue weighted by molar-refractivity contribution is 0.102. The molecular weight excluding hydrogens is 316 g/mol. The molecule has 0 bridgehead atoms. The van der Waals surface area contributed by atoms with E-state index in [0.717, 1.165) is 10.2 Å². The summed E-state index contributed by atoms with van der Waals surface area (Å²) in [5, 5.41) is 6.02. The monoisotopic (exact) mass is 328 g/mol. The Labute approximate surface area is 118 Å². The minimum atomic E-state index is -0.0558. The first-order chi connectivity index (χ1) is 8.67. The van der Waals surface area contributed by atoms with Crippen molar-refractivity contribution in [3.8, 4) is 5.75 Å². The van der Waals surface area contributed by atoms with Crippen LogP contribution in [0.5, 0.6) is 5.75 Å². The van der Waals surface area contributed by atoms with Crippen LogP contribution < -0.4 is 4.74 Å². The van der Waals surface area contributed by atoms with E-state index in [1.54, 1.807) is 18.0 Å². The molecule has 18 heavy (non-hydrogen) atoms. The normalized spacial score (nSPS) is 10.6. The molecule has 0 saturated heterocycles. The summed E-state index contributed by atoms with van der Waals surface area (Å²) in [5.41, 5.74) is 1.17. The minimum Gasteiger partial charge on any atom is -0.493 e. The zero-order valence-corrected chi connectivity index (χ0v) is 12.5. The molecule has 0 atom stereocenters. The minimum absolute atomic E-state index is 0.0558. The van der Waals surface area contributed by atoms with Gasteiger partial charge in [-0.25, -0.2) is 0 Å². The van der Waals surface area contributed by atoms with Crippen LogP contribution >= 0.6 is 27.3 Å². The number of ether oxygens (including phenoxy) is 1. The third kappa shape index (κ3) is 2.49. The van der Waals surface area contributed by atoms with Gasteiger partial charge in [0.2, 0.25) is 5.78 Å². The van der Waals surface area contributed by atoms with Crippen molar-refractivity contribution >= 4 is 33.0 Å². The smallest absolute Gasteiger partial charge is 0.215 e. The highest BCUT2D eigenvalue weighted by molar-refractivity contribution is 9.11. The Bertz CT molecular complexity index is 562. The Morgan fingerprint density at radius 1 is 1.61 bits per heavy atom. The van der Waals surface area contributed by atoms with Crippen molar-refractivity contribution in [2.45, 2.75) is 19.9 Å². The summed E-state index contributed by atoms with van der Waals surface area (Å²) in [6.45, 7) is 2.75. The number of hydrogen-bond donors (Lipinski definition) is 0. The molecule has 4 nitrogen and oxygen atoms in total. The lowest BCUT2D eigenvalue weighted by atomic mass is 10.1. The predicted molar refractivity (Wildman–Crippen MR) is 74.5 cm³/mol. The van der Waals surface area contributed by atoms with Crippen molar-refractivity contribution in [2.24, 2.45) is 0 Å². The van der Waals surface area contributed by atoms with E-state index >= 15 is 0 Å². The van der Waals surface area contributed by atoms with Crippen molar-refractivity contribution in [1.29, 1.82) is 0 Å². The third-order valence-corrected chi connectivity index (χ3v) is 4.01. The second-order valence-corrected chi connectivity index (χ2v) is 6.04. The molecule has 0 aromatic carbocycles. The number of nitrogens with zero attached hydrogens (tertiary/aromatic N) is 2. The molecule has 2 rings (SSSR count). The molecule has 0 aliphatic rings. The van der Waals surface area contributed by atoms with Crippen molar-refractivity contribution in [2.75, 3.05) is 7.11 Å². The van der Waals surface area contributed by atoms with Gasteiger partial charge in [-0.05, 0) is 28.4 Å². The lowest BCUT2D eigenvalue weighted by Gasteiger charge is -2.06. The second kappa shape index (κ2) is 5.67. The van der Waals surface area contributed by atoms with Gasteiger partial charge in [-0.2, -0.15) is 5.10 Å². The van der Waals surface area contributed by atoms with Crippen molar-refractivity contribution in [3.05, 3.63) is 32.7 Å². The molecular formula is C12H13BrN2O2S. The number of ketones is 1. The van der Waals surface area contributed by atoms with Gasteiger partial charge in [-0.3, -0.25) is 9.48 Å². The Morgan fingerprint density at radius 2 is 2.39 bits per heavy atom. The molecule has 0 aliphatic carbocycles. The number of aryl methyl sites for hydroxylation is 1. The molecule has 0 saturated carbocycles. The van der Waals surface area contributed by atoms with E-state index in [9.17, 15) is 4.79 Å². The summed E-state index contributed by atoms with van der Waals surface area (Å²) in [7, 11) is 1.55. The highest BCUT2D eigenvalue weighted by atomic mass is 79.9. The van der Waals surface area contributed by atoms with Gasteiger partial charge in [-0.15, -0.1) is 11.3 Å². The average molecular weight is 329 g/mol. The molecule has 0 amide bonds. The van der Waals surface area contributed by atoms with Gasteiger partial charge in [-0.1, -0.05) is 6.92 Å². The van der Waals surface area contributed by atoms with E-state index in [-0.39, 0.29) is 5.78 Å². The first-order valence-corrected chi connectivity index (χ1v) is 7.23. The van der Waals surface area contributed by atoms with Crippen molar-refractivity contribution < 1.29 is 9.53 Å². The summed E-state index contributed by atoms with van der Waals surface area (Å²) in [5.74, 6) is 0.468. The van der Waals surface area contributed by atoms with Crippen LogP contribution in [0.4, 0.5) is 0 Å². The summed E-state index contributed by atoms with van der Waals surface area (Å²) in [4.78, 5) is 12.4. The fourth-order valence-corrected chi connectivity index (χ4v) is 2.83. The number of aromatic nitrogens is 2. The number of carbonyl (C=O) groups is 1. The van der Waals surface area contributed by atoms with Crippen LogP contribution in [0.15, 0.2) is 21.4 Å². The van der Waals surface area contributed by atoms with E-state index in [0.29, 0.717) is 23.6 Å². The van der Waals surface area contributed by atoms with E-state index in [1.807, 2.05) is 18.4 Å². The highest BCUT2D eigenvalue weighted by Gasteiger charge is 2.21. The number of methoxy groups -OCH3 is 1. The lowest BCUT2D eigenvalue weighted by Crippen LogP contribution is -2.12. The molecule has 96 valence electrons. The van der Waals surface area contributed by atoms with Gasteiger partial charge >= 0.3 is 0 Å². The van der Waals surface area contributed by atoms with E-state index in [2.05, 4.69) is 21.0 Å². The third-order valence-electron chi connectivity index (χ3n) is 2.51. The van der Waals surface area contributed by atoms with Crippen LogP contribution in [-0.2, 0) is 6.54 Å². The zero-order valence-electron chi connectivity index (χ0n) is 10.1. The predicted octanol–water partition coefficient (Wildman–Crippen LogP) is 3.36. The summed E-state index contributed by atoms with van der Waals surface area (Å²) < 4.78 is 7.85. The zero-order chi connectivity index (χ0) is 13.1. The van der Waals surface area contributed by atoms with Crippen LogP contribution in [0.1, 0.15) is 29.4 Å². The van der Waals surface area contributed by atoms with Gasteiger partial charge < -0.3 is 4.74 Å². The summed E-state index contributed by atoms with van der Waals surface area (Å²) >= 11 is 4.85. The Kier molecular flexibility index (Phi) is 4.19. The average Bonchev–Trinajstić information content (AvgIpc) is 2.95. The van der Waals surface area contributed by atoms with Crippen LogP contribution in [0, 0.1) is 0 Å². The fourth-order valence-electron chi connectivity index (χ4n) is 1.69. The Hall–Kier alpha value is -1.14. The van der Waals surface area contributed by atoms with E-state index in [4.69, 9.17) is 4.74 Å².